The molecule has 3 aromatic heterocycles. The van der Waals surface area contributed by atoms with Gasteiger partial charge in [0.05, 0.1) is 24.1 Å². The molecule has 0 saturated carbocycles. The number of anilines is 2. The van der Waals surface area contributed by atoms with Crippen molar-refractivity contribution in [3.05, 3.63) is 78.5 Å². The third kappa shape index (κ3) is 3.67. The van der Waals surface area contributed by atoms with E-state index in [1.165, 1.54) is 0 Å². The molecule has 1 amide bonds. The van der Waals surface area contributed by atoms with E-state index in [-0.39, 0.29) is 5.91 Å². The van der Waals surface area contributed by atoms with E-state index in [9.17, 15) is 4.79 Å². The van der Waals surface area contributed by atoms with Gasteiger partial charge >= 0.3 is 0 Å². The molecular formula is C20H20N6O. The monoisotopic (exact) mass is 360 g/mol. The van der Waals surface area contributed by atoms with E-state index in [4.69, 9.17) is 0 Å². The van der Waals surface area contributed by atoms with Gasteiger partial charge in [-0.2, -0.15) is 5.10 Å². The molecule has 4 aromatic rings. The SMILES string of the molecule is CN(C)c1cccc(C(=O)Nc2cnn(Cc3cn4ccccc4n3)c2)c1. The molecule has 27 heavy (non-hydrogen) atoms. The highest BCUT2D eigenvalue weighted by molar-refractivity contribution is 6.04. The zero-order valence-corrected chi connectivity index (χ0v) is 15.2. The standard InChI is InChI=1S/C20H20N6O/c1-24(2)18-7-5-6-15(10-18)20(27)23-16-11-21-26(13-16)14-17-12-25-9-4-3-8-19(25)22-17/h3-13H,14H2,1-2H3,(H,23,27). The summed E-state index contributed by atoms with van der Waals surface area (Å²) in [4.78, 5) is 19.0. The van der Waals surface area contributed by atoms with Crippen LogP contribution in [0.15, 0.2) is 67.3 Å². The van der Waals surface area contributed by atoms with Crippen molar-refractivity contribution in [2.45, 2.75) is 6.54 Å². The maximum absolute atomic E-state index is 12.5. The second kappa shape index (κ2) is 6.95. The highest BCUT2D eigenvalue weighted by Gasteiger charge is 2.10. The Hall–Kier alpha value is -3.61. The van der Waals surface area contributed by atoms with Gasteiger partial charge in [0.1, 0.15) is 5.65 Å². The molecular weight excluding hydrogens is 340 g/mol. The lowest BCUT2D eigenvalue weighted by molar-refractivity contribution is 0.102. The molecule has 136 valence electrons. The predicted molar refractivity (Wildman–Crippen MR) is 105 cm³/mol. The average molecular weight is 360 g/mol. The number of nitrogens with zero attached hydrogens (tertiary/aromatic N) is 5. The van der Waals surface area contributed by atoms with Crippen molar-refractivity contribution in [2.24, 2.45) is 0 Å². The molecule has 0 aliphatic carbocycles. The molecule has 0 unspecified atom stereocenters. The molecule has 0 atom stereocenters. The maximum Gasteiger partial charge on any atom is 0.255 e. The van der Waals surface area contributed by atoms with Crippen LogP contribution in [-0.4, -0.2) is 39.2 Å². The highest BCUT2D eigenvalue weighted by atomic mass is 16.1. The summed E-state index contributed by atoms with van der Waals surface area (Å²) >= 11 is 0. The first kappa shape index (κ1) is 16.8. The van der Waals surface area contributed by atoms with Gasteiger partial charge < -0.3 is 14.6 Å². The molecule has 0 radical (unpaired) electrons. The Morgan fingerprint density at radius 3 is 2.85 bits per heavy atom. The van der Waals surface area contributed by atoms with Gasteiger partial charge in [0.2, 0.25) is 0 Å². The third-order valence-corrected chi connectivity index (χ3v) is 4.25. The summed E-state index contributed by atoms with van der Waals surface area (Å²) < 4.78 is 3.73. The molecule has 4 rings (SSSR count). The van der Waals surface area contributed by atoms with Crippen LogP contribution in [0.4, 0.5) is 11.4 Å². The second-order valence-corrected chi connectivity index (χ2v) is 6.52. The lowest BCUT2D eigenvalue weighted by atomic mass is 10.2. The summed E-state index contributed by atoms with van der Waals surface area (Å²) in [5.41, 5.74) is 4.04. The quantitative estimate of drug-likeness (QED) is 0.594. The first-order valence-electron chi connectivity index (χ1n) is 8.62. The van der Waals surface area contributed by atoms with Crippen LogP contribution >= 0.6 is 0 Å². The first-order valence-corrected chi connectivity index (χ1v) is 8.62. The summed E-state index contributed by atoms with van der Waals surface area (Å²) in [6.45, 7) is 0.535. The fourth-order valence-electron chi connectivity index (χ4n) is 2.87. The van der Waals surface area contributed by atoms with E-state index in [1.54, 1.807) is 23.1 Å². The van der Waals surface area contributed by atoms with Crippen LogP contribution in [0, 0.1) is 0 Å². The third-order valence-electron chi connectivity index (χ3n) is 4.25. The van der Waals surface area contributed by atoms with Crippen LogP contribution in [0.25, 0.3) is 5.65 Å². The van der Waals surface area contributed by atoms with Gasteiger partial charge in [-0.05, 0) is 30.3 Å². The normalized spacial score (nSPS) is 10.9. The van der Waals surface area contributed by atoms with Crippen molar-refractivity contribution >= 4 is 22.9 Å². The minimum atomic E-state index is -0.161. The van der Waals surface area contributed by atoms with Crippen LogP contribution in [0.3, 0.4) is 0 Å². The van der Waals surface area contributed by atoms with Crippen LogP contribution in [-0.2, 0) is 6.54 Å². The number of benzene rings is 1. The number of nitrogens with one attached hydrogen (secondary N) is 1. The number of carbonyl (C=O) groups excluding carboxylic acids is 1. The Bertz CT molecular complexity index is 1060. The van der Waals surface area contributed by atoms with Gasteiger partial charge in [-0.3, -0.25) is 9.48 Å². The minimum Gasteiger partial charge on any atom is -0.378 e. The average Bonchev–Trinajstić information content (AvgIpc) is 3.28. The zero-order valence-electron chi connectivity index (χ0n) is 15.2. The van der Waals surface area contributed by atoms with Gasteiger partial charge in [-0.15, -0.1) is 0 Å². The summed E-state index contributed by atoms with van der Waals surface area (Å²) in [6, 6.07) is 13.4. The fourth-order valence-corrected chi connectivity index (χ4v) is 2.87. The lowest BCUT2D eigenvalue weighted by Gasteiger charge is -2.13. The van der Waals surface area contributed by atoms with Crippen LogP contribution in [0.1, 0.15) is 16.1 Å². The molecule has 1 aromatic carbocycles. The number of hydrogen-bond acceptors (Lipinski definition) is 4. The Balaban J connectivity index is 1.46. The molecule has 0 fully saturated rings. The number of fused-ring (bicyclic) bond motifs is 1. The van der Waals surface area contributed by atoms with E-state index < -0.39 is 0 Å². The van der Waals surface area contributed by atoms with Crippen molar-refractivity contribution in [3.63, 3.8) is 0 Å². The number of amides is 1. The van der Waals surface area contributed by atoms with Gasteiger partial charge in [0, 0.05) is 43.9 Å². The lowest BCUT2D eigenvalue weighted by Crippen LogP contribution is -2.14. The summed E-state index contributed by atoms with van der Waals surface area (Å²) in [6.07, 6.45) is 7.38. The molecule has 0 bridgehead atoms. The van der Waals surface area contributed by atoms with Gasteiger partial charge in [-0.1, -0.05) is 12.1 Å². The molecule has 3 heterocycles. The van der Waals surface area contributed by atoms with Gasteiger partial charge in [-0.25, -0.2) is 4.98 Å². The number of rotatable bonds is 5. The number of aromatic nitrogens is 4. The Morgan fingerprint density at radius 1 is 1.15 bits per heavy atom. The Kier molecular flexibility index (Phi) is 4.33. The molecule has 0 spiro atoms. The van der Waals surface area contributed by atoms with E-state index in [2.05, 4.69) is 15.4 Å². The fraction of sp³-hybridized carbons (Fsp3) is 0.150. The van der Waals surface area contributed by atoms with E-state index in [1.807, 2.05) is 72.2 Å². The van der Waals surface area contributed by atoms with Crippen molar-refractivity contribution in [1.29, 1.82) is 0 Å². The van der Waals surface area contributed by atoms with Gasteiger partial charge in [0.25, 0.3) is 5.91 Å². The molecule has 7 nitrogen and oxygen atoms in total. The molecule has 0 aliphatic rings. The Labute approximate surface area is 156 Å². The molecule has 0 saturated heterocycles. The number of hydrogen-bond donors (Lipinski definition) is 1. The minimum absolute atomic E-state index is 0.161. The number of carbonyl (C=O) groups is 1. The first-order chi connectivity index (χ1) is 13.1. The topological polar surface area (TPSA) is 67.5 Å². The van der Waals surface area contributed by atoms with Crippen molar-refractivity contribution in [3.8, 4) is 0 Å². The highest BCUT2D eigenvalue weighted by Crippen LogP contribution is 2.15. The maximum atomic E-state index is 12.5. The number of pyridine rings is 1. The van der Waals surface area contributed by atoms with Crippen LogP contribution in [0.2, 0.25) is 0 Å². The largest absolute Gasteiger partial charge is 0.378 e. The molecule has 0 aliphatic heterocycles. The summed E-state index contributed by atoms with van der Waals surface area (Å²) in [7, 11) is 3.89. The second-order valence-electron chi connectivity index (χ2n) is 6.52. The summed E-state index contributed by atoms with van der Waals surface area (Å²) in [5.74, 6) is -0.161. The van der Waals surface area contributed by atoms with Gasteiger partial charge in [0.15, 0.2) is 0 Å². The van der Waals surface area contributed by atoms with E-state index >= 15 is 0 Å². The molecule has 1 N–H and O–H groups in total. The van der Waals surface area contributed by atoms with Crippen molar-refractivity contribution in [1.82, 2.24) is 19.2 Å². The van der Waals surface area contributed by atoms with Crippen molar-refractivity contribution < 1.29 is 4.79 Å². The van der Waals surface area contributed by atoms with E-state index in [0.717, 1.165) is 17.0 Å². The van der Waals surface area contributed by atoms with Crippen molar-refractivity contribution in [2.75, 3.05) is 24.3 Å². The van der Waals surface area contributed by atoms with E-state index in [0.29, 0.717) is 17.8 Å². The predicted octanol–water partition coefficient (Wildman–Crippen LogP) is 2.90. The number of imidazole rings is 1. The summed E-state index contributed by atoms with van der Waals surface area (Å²) in [5, 5.41) is 7.21. The smallest absolute Gasteiger partial charge is 0.255 e. The molecule has 7 heteroatoms. The van der Waals surface area contributed by atoms with Crippen LogP contribution < -0.4 is 10.2 Å². The Morgan fingerprint density at radius 2 is 2.04 bits per heavy atom. The van der Waals surface area contributed by atoms with Crippen LogP contribution in [0.5, 0.6) is 0 Å². The zero-order chi connectivity index (χ0) is 18.8.